The lowest BCUT2D eigenvalue weighted by atomic mass is 10.2. The third-order valence-electron chi connectivity index (χ3n) is 1.83. The van der Waals surface area contributed by atoms with E-state index in [2.05, 4.69) is 11.9 Å². The fourth-order valence-corrected chi connectivity index (χ4v) is 1.15. The SMILES string of the molecule is C=CC(=O)Nc1ccccc1N(C)C. The maximum absolute atomic E-state index is 11.1. The Bertz CT molecular complexity index is 345. The van der Waals surface area contributed by atoms with Crippen molar-refractivity contribution in [3.63, 3.8) is 0 Å². The molecule has 0 saturated carbocycles. The van der Waals surface area contributed by atoms with Crippen molar-refractivity contribution in [3.8, 4) is 0 Å². The van der Waals surface area contributed by atoms with Gasteiger partial charge in [0.2, 0.25) is 5.91 Å². The molecule has 0 unspecified atom stereocenters. The molecule has 1 N–H and O–H groups in total. The number of carbonyl (C=O) groups excluding carboxylic acids is 1. The van der Waals surface area contributed by atoms with Gasteiger partial charge in [-0.25, -0.2) is 0 Å². The summed E-state index contributed by atoms with van der Waals surface area (Å²) in [5.74, 6) is -0.195. The summed E-state index contributed by atoms with van der Waals surface area (Å²) in [5.41, 5.74) is 1.77. The Labute approximate surface area is 84.0 Å². The van der Waals surface area contributed by atoms with Crippen LogP contribution in [0.25, 0.3) is 0 Å². The zero-order chi connectivity index (χ0) is 10.6. The maximum Gasteiger partial charge on any atom is 0.247 e. The average molecular weight is 190 g/mol. The van der Waals surface area contributed by atoms with Crippen molar-refractivity contribution in [1.29, 1.82) is 0 Å². The molecular weight excluding hydrogens is 176 g/mol. The maximum atomic E-state index is 11.1. The average Bonchev–Trinajstić information content (AvgIpc) is 2.18. The molecule has 1 rings (SSSR count). The highest BCUT2D eigenvalue weighted by Crippen LogP contribution is 2.23. The first-order valence-electron chi connectivity index (χ1n) is 4.35. The van der Waals surface area contributed by atoms with Crippen LogP contribution in [-0.2, 0) is 4.79 Å². The lowest BCUT2D eigenvalue weighted by Crippen LogP contribution is -2.14. The van der Waals surface area contributed by atoms with Crippen LogP contribution < -0.4 is 10.2 Å². The van der Waals surface area contributed by atoms with Crippen LogP contribution in [0.1, 0.15) is 0 Å². The van der Waals surface area contributed by atoms with Crippen LogP contribution >= 0.6 is 0 Å². The Morgan fingerprint density at radius 2 is 2.07 bits per heavy atom. The van der Waals surface area contributed by atoms with Gasteiger partial charge in [0, 0.05) is 14.1 Å². The molecule has 3 heteroatoms. The minimum atomic E-state index is -0.195. The Kier molecular flexibility index (Phi) is 3.29. The number of para-hydroxylation sites is 2. The van der Waals surface area contributed by atoms with Gasteiger partial charge in [0.15, 0.2) is 0 Å². The van der Waals surface area contributed by atoms with Gasteiger partial charge in [-0.15, -0.1) is 0 Å². The highest BCUT2D eigenvalue weighted by Gasteiger charge is 2.04. The second kappa shape index (κ2) is 4.46. The summed E-state index contributed by atoms with van der Waals surface area (Å²) in [6, 6.07) is 7.61. The number of hydrogen-bond acceptors (Lipinski definition) is 2. The normalized spacial score (nSPS) is 9.29. The van der Waals surface area contributed by atoms with E-state index in [4.69, 9.17) is 0 Å². The van der Waals surface area contributed by atoms with Gasteiger partial charge in [-0.05, 0) is 18.2 Å². The van der Waals surface area contributed by atoms with Crippen LogP contribution in [0.2, 0.25) is 0 Å². The summed E-state index contributed by atoms with van der Waals surface area (Å²) < 4.78 is 0. The second-order valence-electron chi connectivity index (χ2n) is 3.10. The Hall–Kier alpha value is -1.77. The highest BCUT2D eigenvalue weighted by atomic mass is 16.1. The highest BCUT2D eigenvalue weighted by molar-refractivity contribution is 6.01. The van der Waals surface area contributed by atoms with Gasteiger partial charge < -0.3 is 10.2 Å². The number of hydrogen-bond donors (Lipinski definition) is 1. The van der Waals surface area contributed by atoms with Gasteiger partial charge in [-0.3, -0.25) is 4.79 Å². The van der Waals surface area contributed by atoms with E-state index in [0.29, 0.717) is 0 Å². The van der Waals surface area contributed by atoms with Gasteiger partial charge >= 0.3 is 0 Å². The molecule has 0 radical (unpaired) electrons. The number of nitrogens with one attached hydrogen (secondary N) is 1. The zero-order valence-electron chi connectivity index (χ0n) is 8.45. The molecule has 0 aliphatic rings. The third-order valence-corrected chi connectivity index (χ3v) is 1.83. The van der Waals surface area contributed by atoms with Crippen LogP contribution in [-0.4, -0.2) is 20.0 Å². The monoisotopic (exact) mass is 190 g/mol. The predicted octanol–water partition coefficient (Wildman–Crippen LogP) is 1.88. The number of anilines is 2. The topological polar surface area (TPSA) is 32.3 Å². The summed E-state index contributed by atoms with van der Waals surface area (Å²) in [6.07, 6.45) is 1.26. The summed E-state index contributed by atoms with van der Waals surface area (Å²) in [7, 11) is 3.86. The fraction of sp³-hybridized carbons (Fsp3) is 0.182. The van der Waals surface area contributed by atoms with E-state index in [0.717, 1.165) is 11.4 Å². The van der Waals surface area contributed by atoms with E-state index in [-0.39, 0.29) is 5.91 Å². The van der Waals surface area contributed by atoms with Crippen LogP contribution in [0.3, 0.4) is 0 Å². The number of nitrogens with zero attached hydrogens (tertiary/aromatic N) is 1. The van der Waals surface area contributed by atoms with Gasteiger partial charge in [0.05, 0.1) is 11.4 Å². The second-order valence-corrected chi connectivity index (χ2v) is 3.10. The molecule has 1 aromatic rings. The van der Waals surface area contributed by atoms with E-state index >= 15 is 0 Å². The molecule has 0 saturated heterocycles. The van der Waals surface area contributed by atoms with Gasteiger partial charge in [0.1, 0.15) is 0 Å². The molecule has 74 valence electrons. The first-order valence-corrected chi connectivity index (χ1v) is 4.35. The Morgan fingerprint density at radius 1 is 1.43 bits per heavy atom. The van der Waals surface area contributed by atoms with Gasteiger partial charge in [-0.1, -0.05) is 18.7 Å². The lowest BCUT2D eigenvalue weighted by molar-refractivity contribution is -0.111. The minimum Gasteiger partial charge on any atom is -0.376 e. The molecule has 0 aliphatic carbocycles. The van der Waals surface area contributed by atoms with E-state index in [1.807, 2.05) is 43.3 Å². The molecule has 0 bridgehead atoms. The van der Waals surface area contributed by atoms with Crippen molar-refractivity contribution >= 4 is 17.3 Å². The molecule has 0 heterocycles. The molecule has 1 aromatic carbocycles. The minimum absolute atomic E-state index is 0.195. The van der Waals surface area contributed by atoms with E-state index in [1.54, 1.807) is 0 Å². The molecule has 0 aromatic heterocycles. The molecule has 0 fully saturated rings. The fourth-order valence-electron chi connectivity index (χ4n) is 1.15. The summed E-state index contributed by atoms with van der Waals surface area (Å²) in [6.45, 7) is 3.41. The zero-order valence-corrected chi connectivity index (χ0v) is 8.45. The van der Waals surface area contributed by atoms with Crippen molar-refractivity contribution in [1.82, 2.24) is 0 Å². The van der Waals surface area contributed by atoms with Crippen LogP contribution in [0.15, 0.2) is 36.9 Å². The van der Waals surface area contributed by atoms with Crippen LogP contribution in [0.4, 0.5) is 11.4 Å². The largest absolute Gasteiger partial charge is 0.376 e. The molecule has 0 atom stereocenters. The molecule has 0 spiro atoms. The van der Waals surface area contributed by atoms with Crippen LogP contribution in [0.5, 0.6) is 0 Å². The molecular formula is C11H14N2O. The quantitative estimate of drug-likeness (QED) is 0.738. The molecule has 1 amide bonds. The summed E-state index contributed by atoms with van der Waals surface area (Å²) in [4.78, 5) is 13.1. The third kappa shape index (κ3) is 2.36. The van der Waals surface area contributed by atoms with Gasteiger partial charge in [0.25, 0.3) is 0 Å². The number of amides is 1. The number of rotatable bonds is 3. The first kappa shape index (κ1) is 10.3. The Balaban J connectivity index is 2.95. The van der Waals surface area contributed by atoms with Gasteiger partial charge in [-0.2, -0.15) is 0 Å². The predicted molar refractivity (Wildman–Crippen MR) is 59.6 cm³/mol. The van der Waals surface area contributed by atoms with Crippen molar-refractivity contribution in [2.45, 2.75) is 0 Å². The smallest absolute Gasteiger partial charge is 0.247 e. The van der Waals surface area contributed by atoms with E-state index in [9.17, 15) is 4.79 Å². The van der Waals surface area contributed by atoms with E-state index < -0.39 is 0 Å². The number of benzene rings is 1. The van der Waals surface area contributed by atoms with Crippen molar-refractivity contribution in [2.75, 3.05) is 24.3 Å². The summed E-state index contributed by atoms with van der Waals surface area (Å²) in [5, 5.41) is 2.74. The Morgan fingerprint density at radius 3 is 2.64 bits per heavy atom. The summed E-state index contributed by atoms with van der Waals surface area (Å²) >= 11 is 0. The van der Waals surface area contributed by atoms with Crippen molar-refractivity contribution < 1.29 is 4.79 Å². The van der Waals surface area contributed by atoms with Crippen LogP contribution in [0, 0.1) is 0 Å². The molecule has 14 heavy (non-hydrogen) atoms. The number of carbonyl (C=O) groups is 1. The van der Waals surface area contributed by atoms with E-state index in [1.165, 1.54) is 6.08 Å². The lowest BCUT2D eigenvalue weighted by Gasteiger charge is -2.16. The van der Waals surface area contributed by atoms with Crippen molar-refractivity contribution in [3.05, 3.63) is 36.9 Å². The molecule has 0 aliphatic heterocycles. The first-order chi connectivity index (χ1) is 6.65. The standard InChI is InChI=1S/C11H14N2O/c1-4-11(14)12-9-7-5-6-8-10(9)13(2)3/h4-8H,1H2,2-3H3,(H,12,14). The van der Waals surface area contributed by atoms with Crippen molar-refractivity contribution in [2.24, 2.45) is 0 Å². The molecule has 3 nitrogen and oxygen atoms in total.